The summed E-state index contributed by atoms with van der Waals surface area (Å²) in [5.41, 5.74) is 1.09. The van der Waals surface area contributed by atoms with E-state index in [0.29, 0.717) is 33.9 Å². The van der Waals surface area contributed by atoms with E-state index in [-0.39, 0.29) is 5.39 Å². The highest BCUT2D eigenvalue weighted by molar-refractivity contribution is 6.30. The summed E-state index contributed by atoms with van der Waals surface area (Å²) in [7, 11) is 0. The number of aromatic nitrogens is 1. The molecule has 1 saturated carbocycles. The van der Waals surface area contributed by atoms with Gasteiger partial charge in [-0.3, -0.25) is 14.2 Å². The van der Waals surface area contributed by atoms with Gasteiger partial charge in [0.05, 0.1) is 11.1 Å². The Labute approximate surface area is 142 Å². The van der Waals surface area contributed by atoms with Gasteiger partial charge in [0, 0.05) is 16.8 Å². The van der Waals surface area contributed by atoms with Crippen molar-refractivity contribution in [3.05, 3.63) is 74.9 Å². The number of benzene rings is 2. The highest BCUT2D eigenvalue weighted by Crippen LogP contribution is 2.41. The van der Waals surface area contributed by atoms with Crippen LogP contribution in [0.4, 0.5) is 4.39 Å². The summed E-state index contributed by atoms with van der Waals surface area (Å²) in [4.78, 5) is 24.0. The number of hydrogen-bond donors (Lipinski definition) is 0. The van der Waals surface area contributed by atoms with E-state index >= 15 is 0 Å². The monoisotopic (exact) mass is 341 g/mol. The van der Waals surface area contributed by atoms with Crippen LogP contribution in [-0.4, -0.2) is 10.9 Å². The molecule has 1 fully saturated rings. The number of carbonyl (C=O) groups is 1. The third kappa shape index (κ3) is 2.43. The van der Waals surface area contributed by atoms with Crippen LogP contribution in [-0.2, 0) is 0 Å². The maximum absolute atomic E-state index is 14.5. The first-order valence-corrected chi connectivity index (χ1v) is 8.06. The van der Waals surface area contributed by atoms with E-state index in [2.05, 4.69) is 0 Å². The second-order valence-electron chi connectivity index (χ2n) is 6.05. The van der Waals surface area contributed by atoms with Crippen LogP contribution >= 0.6 is 11.6 Å². The van der Waals surface area contributed by atoms with Crippen molar-refractivity contribution in [3.63, 3.8) is 0 Å². The standard InChI is InChI=1S/C19H13ClFNO2/c20-15-4-3-13(10-23)17(9-15)22-6-5-12-7-14(11-1-2-11)8-16(21)18(12)19(22)24/h3-11H,1-2H2. The summed E-state index contributed by atoms with van der Waals surface area (Å²) < 4.78 is 15.8. The molecular weight excluding hydrogens is 329 g/mol. The first-order chi connectivity index (χ1) is 11.6. The fourth-order valence-corrected chi connectivity index (χ4v) is 3.18. The Bertz CT molecular complexity index is 1040. The Kier molecular flexibility index (Phi) is 3.50. The molecule has 1 aromatic heterocycles. The van der Waals surface area contributed by atoms with Crippen molar-refractivity contribution in [2.45, 2.75) is 18.8 Å². The average molecular weight is 342 g/mol. The zero-order chi connectivity index (χ0) is 16.8. The molecule has 1 aliphatic rings. The molecule has 0 amide bonds. The van der Waals surface area contributed by atoms with Crippen LogP contribution in [0.5, 0.6) is 0 Å². The molecule has 1 heterocycles. The fourth-order valence-electron chi connectivity index (χ4n) is 3.02. The van der Waals surface area contributed by atoms with Gasteiger partial charge in [0.1, 0.15) is 5.82 Å². The topological polar surface area (TPSA) is 39.1 Å². The van der Waals surface area contributed by atoms with Gasteiger partial charge in [-0.2, -0.15) is 0 Å². The van der Waals surface area contributed by atoms with E-state index in [0.717, 1.165) is 18.4 Å². The summed E-state index contributed by atoms with van der Waals surface area (Å²) in [5, 5.41) is 0.999. The predicted molar refractivity (Wildman–Crippen MR) is 91.9 cm³/mol. The Balaban J connectivity index is 1.98. The zero-order valence-corrected chi connectivity index (χ0v) is 13.4. The van der Waals surface area contributed by atoms with Crippen molar-refractivity contribution in [1.29, 1.82) is 0 Å². The van der Waals surface area contributed by atoms with Crippen LogP contribution in [0, 0.1) is 5.82 Å². The van der Waals surface area contributed by atoms with Gasteiger partial charge in [0.15, 0.2) is 6.29 Å². The minimum atomic E-state index is -0.525. The number of nitrogens with zero attached hydrogens (tertiary/aromatic N) is 1. The van der Waals surface area contributed by atoms with Crippen molar-refractivity contribution in [3.8, 4) is 5.69 Å². The lowest BCUT2D eigenvalue weighted by Gasteiger charge is -2.11. The van der Waals surface area contributed by atoms with E-state index in [1.165, 1.54) is 22.8 Å². The van der Waals surface area contributed by atoms with E-state index in [1.54, 1.807) is 18.3 Å². The minimum absolute atomic E-state index is 0.0266. The molecule has 5 heteroatoms. The molecule has 0 atom stereocenters. The molecule has 120 valence electrons. The van der Waals surface area contributed by atoms with Crippen molar-refractivity contribution in [1.82, 2.24) is 4.57 Å². The van der Waals surface area contributed by atoms with Gasteiger partial charge < -0.3 is 0 Å². The van der Waals surface area contributed by atoms with Crippen molar-refractivity contribution in [2.75, 3.05) is 0 Å². The second-order valence-corrected chi connectivity index (χ2v) is 6.49. The van der Waals surface area contributed by atoms with Crippen LogP contribution in [0.15, 0.2) is 47.4 Å². The van der Waals surface area contributed by atoms with E-state index < -0.39 is 11.4 Å². The third-order valence-corrected chi connectivity index (χ3v) is 4.64. The number of pyridine rings is 1. The largest absolute Gasteiger partial charge is 0.298 e. The van der Waals surface area contributed by atoms with Gasteiger partial charge >= 0.3 is 0 Å². The first-order valence-electron chi connectivity index (χ1n) is 7.68. The molecule has 2 aromatic carbocycles. The molecule has 3 aromatic rings. The Morgan fingerprint density at radius 3 is 2.67 bits per heavy atom. The SMILES string of the molecule is O=Cc1ccc(Cl)cc1-n1ccc2cc(C3CC3)cc(F)c2c1=O. The number of hydrogen-bond acceptors (Lipinski definition) is 2. The summed E-state index contributed by atoms with van der Waals surface area (Å²) in [6.45, 7) is 0. The molecule has 4 rings (SSSR count). The number of carbonyl (C=O) groups excluding carboxylic acids is 1. The maximum Gasteiger partial charge on any atom is 0.265 e. The summed E-state index contributed by atoms with van der Waals surface area (Å²) in [6.07, 6.45) is 4.33. The highest BCUT2D eigenvalue weighted by atomic mass is 35.5. The van der Waals surface area contributed by atoms with E-state index in [1.807, 2.05) is 6.07 Å². The molecule has 0 radical (unpaired) electrons. The maximum atomic E-state index is 14.5. The van der Waals surface area contributed by atoms with E-state index in [9.17, 15) is 14.0 Å². The lowest BCUT2D eigenvalue weighted by atomic mass is 10.0. The predicted octanol–water partition coefficient (Wildman–Crippen LogP) is 4.47. The van der Waals surface area contributed by atoms with E-state index in [4.69, 9.17) is 11.6 Å². The van der Waals surface area contributed by atoms with Crippen LogP contribution in [0.1, 0.15) is 34.7 Å². The molecule has 0 saturated heterocycles. The smallest absolute Gasteiger partial charge is 0.265 e. The Hall–Kier alpha value is -2.46. The fraction of sp³-hybridized carbons (Fsp3) is 0.158. The quantitative estimate of drug-likeness (QED) is 0.659. The Morgan fingerprint density at radius 1 is 1.17 bits per heavy atom. The van der Waals surface area contributed by atoms with Gasteiger partial charge in [-0.1, -0.05) is 17.7 Å². The van der Waals surface area contributed by atoms with Crippen LogP contribution in [0.3, 0.4) is 0 Å². The van der Waals surface area contributed by atoms with Crippen molar-refractivity contribution < 1.29 is 9.18 Å². The average Bonchev–Trinajstić information content (AvgIpc) is 3.39. The van der Waals surface area contributed by atoms with Crippen LogP contribution < -0.4 is 5.56 Å². The second kappa shape index (κ2) is 5.56. The lowest BCUT2D eigenvalue weighted by Crippen LogP contribution is -2.20. The van der Waals surface area contributed by atoms with Crippen LogP contribution in [0.25, 0.3) is 16.5 Å². The summed E-state index contributed by atoms with van der Waals surface area (Å²) in [5.74, 6) is -0.121. The number of fused-ring (bicyclic) bond motifs is 1. The molecule has 0 aliphatic heterocycles. The van der Waals surface area contributed by atoms with Gasteiger partial charge in [0.25, 0.3) is 5.56 Å². The molecule has 0 N–H and O–H groups in total. The molecule has 3 nitrogen and oxygen atoms in total. The Morgan fingerprint density at radius 2 is 1.96 bits per heavy atom. The normalized spacial score (nSPS) is 14.1. The zero-order valence-electron chi connectivity index (χ0n) is 12.6. The van der Waals surface area contributed by atoms with Crippen LogP contribution in [0.2, 0.25) is 5.02 Å². The molecule has 1 aliphatic carbocycles. The minimum Gasteiger partial charge on any atom is -0.298 e. The highest BCUT2D eigenvalue weighted by Gasteiger charge is 2.25. The molecule has 0 bridgehead atoms. The molecule has 24 heavy (non-hydrogen) atoms. The number of halogens is 2. The van der Waals surface area contributed by atoms with Gasteiger partial charge in [-0.25, -0.2) is 4.39 Å². The van der Waals surface area contributed by atoms with Crippen molar-refractivity contribution >= 4 is 28.7 Å². The molecule has 0 spiro atoms. The number of aldehydes is 1. The van der Waals surface area contributed by atoms with Crippen molar-refractivity contribution in [2.24, 2.45) is 0 Å². The van der Waals surface area contributed by atoms with Gasteiger partial charge in [0.2, 0.25) is 0 Å². The summed E-state index contributed by atoms with van der Waals surface area (Å²) in [6, 6.07) is 9.65. The van der Waals surface area contributed by atoms with Gasteiger partial charge in [-0.15, -0.1) is 0 Å². The third-order valence-electron chi connectivity index (χ3n) is 4.41. The lowest BCUT2D eigenvalue weighted by molar-refractivity contribution is 0.112. The summed E-state index contributed by atoms with van der Waals surface area (Å²) >= 11 is 5.98. The number of rotatable bonds is 3. The first kappa shape index (κ1) is 15.1. The van der Waals surface area contributed by atoms with Gasteiger partial charge in [-0.05, 0) is 60.0 Å². The molecular formula is C19H13ClFNO2. The molecule has 0 unspecified atom stereocenters.